The number of thiophene rings is 1. The topological polar surface area (TPSA) is 12.0 Å². The van der Waals surface area contributed by atoms with Crippen LogP contribution in [0.15, 0.2) is 34.1 Å². The van der Waals surface area contributed by atoms with Crippen LogP contribution in [0.4, 0.5) is 4.39 Å². The van der Waals surface area contributed by atoms with Crippen molar-refractivity contribution in [1.29, 1.82) is 0 Å². The van der Waals surface area contributed by atoms with Gasteiger partial charge in [-0.2, -0.15) is 0 Å². The molecule has 3 rings (SSSR count). The molecule has 0 radical (unpaired) electrons. The Hall–Kier alpha value is -0.710. The number of fused-ring (bicyclic) bond motifs is 1. The molecule has 0 saturated heterocycles. The van der Waals surface area contributed by atoms with Crippen molar-refractivity contribution in [2.45, 2.75) is 38.3 Å². The van der Waals surface area contributed by atoms with Crippen molar-refractivity contribution in [2.75, 3.05) is 0 Å². The lowest BCUT2D eigenvalue weighted by molar-refractivity contribution is 0.418. The van der Waals surface area contributed by atoms with Crippen molar-refractivity contribution in [2.24, 2.45) is 0 Å². The van der Waals surface area contributed by atoms with Crippen LogP contribution in [0, 0.1) is 5.82 Å². The lowest BCUT2D eigenvalue weighted by Crippen LogP contribution is -2.27. The predicted octanol–water partition coefficient (Wildman–Crippen LogP) is 5.38. The van der Waals surface area contributed by atoms with Crippen LogP contribution in [0.5, 0.6) is 0 Å². The third-order valence-corrected chi connectivity index (χ3v) is 5.62. The van der Waals surface area contributed by atoms with E-state index in [0.29, 0.717) is 6.04 Å². The predicted molar refractivity (Wildman–Crippen MR) is 85.6 cm³/mol. The molecule has 1 aromatic carbocycles. The van der Waals surface area contributed by atoms with E-state index < -0.39 is 0 Å². The summed E-state index contributed by atoms with van der Waals surface area (Å²) in [7, 11) is 0. The first-order valence-corrected chi connectivity index (χ1v) is 8.54. The van der Waals surface area contributed by atoms with Gasteiger partial charge in [-0.15, -0.1) is 11.3 Å². The number of rotatable bonds is 3. The molecule has 0 bridgehead atoms. The molecular weight excluding hydrogens is 337 g/mol. The summed E-state index contributed by atoms with van der Waals surface area (Å²) in [6, 6.07) is 9.66. The van der Waals surface area contributed by atoms with Crippen LogP contribution in [0.1, 0.15) is 47.9 Å². The third kappa shape index (κ3) is 2.97. The molecule has 0 aliphatic heterocycles. The molecule has 4 heteroatoms. The summed E-state index contributed by atoms with van der Waals surface area (Å²) >= 11 is 5.43. The summed E-state index contributed by atoms with van der Waals surface area (Å²) in [6.45, 7) is 2.14. The third-order valence-electron chi connectivity index (χ3n) is 3.90. The summed E-state index contributed by atoms with van der Waals surface area (Å²) in [5, 5.41) is 3.69. The molecule has 106 valence electrons. The first-order valence-electron chi connectivity index (χ1n) is 6.93. The first-order chi connectivity index (χ1) is 9.63. The van der Waals surface area contributed by atoms with Crippen molar-refractivity contribution in [3.8, 4) is 0 Å². The zero-order valence-corrected chi connectivity index (χ0v) is 13.7. The highest BCUT2D eigenvalue weighted by Gasteiger charge is 2.24. The van der Waals surface area contributed by atoms with Crippen molar-refractivity contribution < 1.29 is 4.39 Å². The molecule has 2 atom stereocenters. The Morgan fingerprint density at radius 1 is 1.35 bits per heavy atom. The van der Waals surface area contributed by atoms with Crippen molar-refractivity contribution in [1.82, 2.24) is 5.32 Å². The van der Waals surface area contributed by atoms with E-state index in [-0.39, 0.29) is 11.9 Å². The SMILES string of the molecule is C[C@H](NC1CCCc2sc(Br)cc21)c1ccc(F)cc1. The maximum atomic E-state index is 13.0. The molecule has 1 heterocycles. The van der Waals surface area contributed by atoms with Crippen LogP contribution >= 0.6 is 27.3 Å². The van der Waals surface area contributed by atoms with E-state index in [9.17, 15) is 4.39 Å². The van der Waals surface area contributed by atoms with Gasteiger partial charge in [-0.3, -0.25) is 0 Å². The molecule has 1 unspecified atom stereocenters. The van der Waals surface area contributed by atoms with Crippen molar-refractivity contribution >= 4 is 27.3 Å². The average Bonchev–Trinajstić information content (AvgIpc) is 2.81. The minimum atomic E-state index is -0.178. The van der Waals surface area contributed by atoms with E-state index in [0.717, 1.165) is 5.56 Å². The van der Waals surface area contributed by atoms with Gasteiger partial charge in [0.15, 0.2) is 0 Å². The van der Waals surface area contributed by atoms with Crippen LogP contribution in [-0.4, -0.2) is 0 Å². The van der Waals surface area contributed by atoms with Gasteiger partial charge in [0.2, 0.25) is 0 Å². The summed E-state index contributed by atoms with van der Waals surface area (Å²) < 4.78 is 14.2. The molecule has 1 aromatic heterocycles. The fraction of sp³-hybridized carbons (Fsp3) is 0.375. The van der Waals surface area contributed by atoms with E-state index in [1.165, 1.54) is 45.6 Å². The summed E-state index contributed by atoms with van der Waals surface area (Å²) in [4.78, 5) is 1.49. The molecule has 20 heavy (non-hydrogen) atoms. The molecule has 1 aliphatic carbocycles. The molecular formula is C16H17BrFNS. The lowest BCUT2D eigenvalue weighted by Gasteiger charge is -2.27. The fourth-order valence-electron chi connectivity index (χ4n) is 2.84. The van der Waals surface area contributed by atoms with E-state index in [1.54, 1.807) is 0 Å². The number of hydrogen-bond acceptors (Lipinski definition) is 2. The Morgan fingerprint density at radius 2 is 2.10 bits per heavy atom. The van der Waals surface area contributed by atoms with E-state index in [1.807, 2.05) is 23.5 Å². The smallest absolute Gasteiger partial charge is 0.123 e. The Bertz CT molecular complexity index is 593. The molecule has 0 spiro atoms. The normalized spacial score (nSPS) is 19.6. The van der Waals surface area contributed by atoms with Crippen LogP contribution in [0.3, 0.4) is 0 Å². The van der Waals surface area contributed by atoms with Gasteiger partial charge in [-0.1, -0.05) is 12.1 Å². The fourth-order valence-corrected chi connectivity index (χ4v) is 4.66. The van der Waals surface area contributed by atoms with Gasteiger partial charge in [0.05, 0.1) is 3.79 Å². The van der Waals surface area contributed by atoms with Gasteiger partial charge in [0.25, 0.3) is 0 Å². The Labute approximate surface area is 131 Å². The Kier molecular flexibility index (Phi) is 4.24. The average molecular weight is 354 g/mol. The minimum absolute atomic E-state index is 0.178. The van der Waals surface area contributed by atoms with Crippen LogP contribution in [0.2, 0.25) is 0 Å². The summed E-state index contributed by atoms with van der Waals surface area (Å²) in [5.74, 6) is -0.178. The molecule has 1 aliphatic rings. The Morgan fingerprint density at radius 3 is 2.85 bits per heavy atom. The molecule has 1 nitrogen and oxygen atoms in total. The molecule has 0 amide bonds. The van der Waals surface area contributed by atoms with Crippen molar-refractivity contribution in [3.63, 3.8) is 0 Å². The first kappa shape index (κ1) is 14.2. The standard InChI is InChI=1S/C16H17BrFNS/c1-10(11-5-7-12(18)8-6-11)19-14-3-2-4-15-13(14)9-16(17)20-15/h5-10,14,19H,2-4H2,1H3/t10-,14?/m0/s1. The zero-order valence-electron chi connectivity index (χ0n) is 11.3. The van der Waals surface area contributed by atoms with Crippen LogP contribution in [0.25, 0.3) is 0 Å². The molecule has 1 N–H and O–H groups in total. The van der Waals surface area contributed by atoms with Crippen LogP contribution in [-0.2, 0) is 6.42 Å². The molecule has 2 aromatic rings. The number of benzene rings is 1. The highest BCUT2D eigenvalue weighted by Crippen LogP contribution is 2.38. The van der Waals surface area contributed by atoms with Gasteiger partial charge >= 0.3 is 0 Å². The minimum Gasteiger partial charge on any atom is -0.303 e. The highest BCUT2D eigenvalue weighted by atomic mass is 79.9. The highest BCUT2D eigenvalue weighted by molar-refractivity contribution is 9.11. The number of hydrogen-bond donors (Lipinski definition) is 1. The Balaban J connectivity index is 1.76. The maximum Gasteiger partial charge on any atom is 0.123 e. The molecule has 0 fully saturated rings. The van der Waals surface area contributed by atoms with E-state index in [2.05, 4.69) is 34.2 Å². The monoisotopic (exact) mass is 353 g/mol. The number of halogens is 2. The second kappa shape index (κ2) is 5.96. The van der Waals surface area contributed by atoms with E-state index >= 15 is 0 Å². The van der Waals surface area contributed by atoms with E-state index in [4.69, 9.17) is 0 Å². The van der Waals surface area contributed by atoms with Gasteiger partial charge in [0.1, 0.15) is 5.82 Å². The van der Waals surface area contributed by atoms with Crippen molar-refractivity contribution in [3.05, 3.63) is 55.9 Å². The lowest BCUT2D eigenvalue weighted by atomic mass is 9.93. The second-order valence-corrected chi connectivity index (χ2v) is 7.83. The van der Waals surface area contributed by atoms with Gasteiger partial charge in [-0.05, 0) is 71.4 Å². The van der Waals surface area contributed by atoms with Gasteiger partial charge in [-0.25, -0.2) is 4.39 Å². The van der Waals surface area contributed by atoms with Gasteiger partial charge in [0, 0.05) is 17.0 Å². The zero-order chi connectivity index (χ0) is 14.1. The van der Waals surface area contributed by atoms with Crippen LogP contribution < -0.4 is 5.32 Å². The molecule has 0 saturated carbocycles. The number of aryl methyl sites for hydroxylation is 1. The summed E-state index contributed by atoms with van der Waals surface area (Å²) in [6.07, 6.45) is 3.59. The summed E-state index contributed by atoms with van der Waals surface area (Å²) in [5.41, 5.74) is 2.56. The quantitative estimate of drug-likeness (QED) is 0.781. The maximum absolute atomic E-state index is 13.0. The second-order valence-electron chi connectivity index (χ2n) is 5.31. The van der Waals surface area contributed by atoms with Gasteiger partial charge < -0.3 is 5.32 Å². The largest absolute Gasteiger partial charge is 0.303 e. The number of nitrogens with one attached hydrogen (secondary N) is 1.